The fourth-order valence-corrected chi connectivity index (χ4v) is 1.46. The first-order chi connectivity index (χ1) is 5.33. The van der Waals surface area contributed by atoms with Crippen LogP contribution in [0.5, 0.6) is 0 Å². The summed E-state index contributed by atoms with van der Waals surface area (Å²) in [7, 11) is 0. The van der Waals surface area contributed by atoms with Gasteiger partial charge in [-0.25, -0.2) is 0 Å². The third-order valence-electron chi connectivity index (χ3n) is 1.11. The normalized spacial score (nSPS) is 9.55. The van der Waals surface area contributed by atoms with Crippen molar-refractivity contribution in [1.29, 1.82) is 0 Å². The van der Waals surface area contributed by atoms with Crippen molar-refractivity contribution in [3.05, 3.63) is 28.7 Å². The highest BCUT2D eigenvalue weighted by Gasteiger charge is 1.91. The van der Waals surface area contributed by atoms with E-state index in [0.29, 0.717) is 5.75 Å². The fourth-order valence-electron chi connectivity index (χ4n) is 0.644. The zero-order valence-corrected chi connectivity index (χ0v) is 8.11. The Kier molecular flexibility index (Phi) is 3.66. The fraction of sp³-hybridized carbons (Fsp3) is 0.125. The van der Waals surface area contributed by atoms with E-state index in [4.69, 9.17) is 0 Å². The summed E-state index contributed by atoms with van der Waals surface area (Å²) in [5.74, 6) is 0.404. The van der Waals surface area contributed by atoms with E-state index in [1.807, 2.05) is 30.6 Å². The van der Waals surface area contributed by atoms with E-state index >= 15 is 0 Å². The van der Waals surface area contributed by atoms with E-state index in [9.17, 15) is 4.79 Å². The summed E-state index contributed by atoms with van der Waals surface area (Å²) in [6.45, 7) is 0. The van der Waals surface area contributed by atoms with Crippen LogP contribution < -0.4 is 0 Å². The molecule has 1 aromatic rings. The highest BCUT2D eigenvalue weighted by atomic mass is 79.9. The van der Waals surface area contributed by atoms with Crippen LogP contribution >= 0.6 is 27.7 Å². The molecule has 57 valence electrons. The molecule has 0 aliphatic rings. The maximum absolute atomic E-state index is 9.89. The summed E-state index contributed by atoms with van der Waals surface area (Å²) in [4.78, 5) is 11.0. The van der Waals surface area contributed by atoms with Gasteiger partial charge in [-0.2, -0.15) is 0 Å². The van der Waals surface area contributed by atoms with Crippen molar-refractivity contribution >= 4 is 34.0 Å². The summed E-state index contributed by atoms with van der Waals surface area (Å²) < 4.78 is 1.05. The third kappa shape index (κ3) is 3.08. The zero-order chi connectivity index (χ0) is 8.10. The molecule has 3 heteroatoms. The molecule has 0 N–H and O–H groups in total. The summed E-state index contributed by atoms with van der Waals surface area (Å²) in [6, 6.07) is 7.83. The van der Waals surface area contributed by atoms with Crippen LogP contribution in [0, 0.1) is 0 Å². The lowest BCUT2D eigenvalue weighted by molar-refractivity contribution is 0.560. The molecule has 0 bridgehead atoms. The van der Waals surface area contributed by atoms with Gasteiger partial charge >= 0.3 is 0 Å². The van der Waals surface area contributed by atoms with E-state index in [2.05, 4.69) is 15.9 Å². The number of thioether (sulfide) groups is 1. The van der Waals surface area contributed by atoms with E-state index < -0.39 is 0 Å². The minimum absolute atomic E-state index is 0.404. The van der Waals surface area contributed by atoms with Crippen molar-refractivity contribution in [2.45, 2.75) is 4.90 Å². The second-order valence-electron chi connectivity index (χ2n) is 1.89. The Morgan fingerprint density at radius 2 is 2.00 bits per heavy atom. The van der Waals surface area contributed by atoms with E-state index in [1.165, 1.54) is 11.8 Å². The minimum atomic E-state index is 0.404. The van der Waals surface area contributed by atoms with Gasteiger partial charge in [-0.3, -0.25) is 4.79 Å². The predicted octanol–water partition coefficient (Wildman–Crippen LogP) is 2.65. The Morgan fingerprint density at radius 1 is 1.36 bits per heavy atom. The smallest absolute Gasteiger partial charge is 0.209 e. The van der Waals surface area contributed by atoms with Gasteiger partial charge < -0.3 is 0 Å². The zero-order valence-electron chi connectivity index (χ0n) is 5.71. The van der Waals surface area contributed by atoms with Gasteiger partial charge in [-0.05, 0) is 24.3 Å². The summed E-state index contributed by atoms with van der Waals surface area (Å²) in [5.41, 5.74) is 0. The first-order valence-corrected chi connectivity index (χ1v) is 4.84. The van der Waals surface area contributed by atoms with Gasteiger partial charge in [-0.15, -0.1) is 11.8 Å². The molecule has 1 radical (unpaired) electrons. The van der Waals surface area contributed by atoms with Crippen molar-refractivity contribution in [3.8, 4) is 0 Å². The maximum Gasteiger partial charge on any atom is 0.209 e. The molecule has 0 saturated carbocycles. The standard InChI is InChI=1S/C8H6BrOS/c9-7-1-3-8(4-2-7)11-6-5-10/h1-4H,6H2. The number of carbonyl (C=O) groups excluding carboxylic acids is 1. The number of benzene rings is 1. The van der Waals surface area contributed by atoms with Crippen molar-refractivity contribution in [2.75, 3.05) is 5.75 Å². The Labute approximate surface area is 78.3 Å². The van der Waals surface area contributed by atoms with Crippen LogP contribution in [0.4, 0.5) is 0 Å². The van der Waals surface area contributed by atoms with Crippen LogP contribution in [-0.4, -0.2) is 12.0 Å². The molecule has 0 heterocycles. The summed E-state index contributed by atoms with van der Waals surface area (Å²) >= 11 is 4.81. The maximum atomic E-state index is 9.89. The Hall–Kier alpha value is -0.280. The van der Waals surface area contributed by atoms with Crippen LogP contribution in [-0.2, 0) is 4.79 Å². The van der Waals surface area contributed by atoms with Gasteiger partial charge in [0.25, 0.3) is 0 Å². The van der Waals surface area contributed by atoms with Crippen LogP contribution in [0.15, 0.2) is 33.6 Å². The lowest BCUT2D eigenvalue weighted by Gasteiger charge is -1.95. The summed E-state index contributed by atoms with van der Waals surface area (Å²) in [5, 5.41) is 0. The Balaban J connectivity index is 2.58. The third-order valence-corrected chi connectivity index (χ3v) is 2.51. The molecule has 0 aliphatic carbocycles. The monoisotopic (exact) mass is 229 g/mol. The van der Waals surface area contributed by atoms with E-state index in [0.717, 1.165) is 9.37 Å². The molecular weight excluding hydrogens is 224 g/mol. The lowest BCUT2D eigenvalue weighted by atomic mass is 10.4. The van der Waals surface area contributed by atoms with Crippen LogP contribution in [0.1, 0.15) is 0 Å². The SMILES string of the molecule is O=[C]CSc1ccc(Br)cc1. The number of hydrogen-bond acceptors (Lipinski definition) is 2. The van der Waals surface area contributed by atoms with Gasteiger partial charge in [-0.1, -0.05) is 15.9 Å². The average molecular weight is 230 g/mol. The second kappa shape index (κ2) is 4.57. The van der Waals surface area contributed by atoms with Crippen molar-refractivity contribution < 1.29 is 4.79 Å². The first-order valence-electron chi connectivity index (χ1n) is 3.06. The summed E-state index contributed by atoms with van der Waals surface area (Å²) in [6.07, 6.45) is 1.83. The number of hydrogen-bond donors (Lipinski definition) is 0. The molecule has 1 rings (SSSR count). The quantitative estimate of drug-likeness (QED) is 0.742. The van der Waals surface area contributed by atoms with Crippen molar-refractivity contribution in [2.24, 2.45) is 0 Å². The average Bonchev–Trinajstić information content (AvgIpc) is 2.04. The first kappa shape index (κ1) is 8.81. The van der Waals surface area contributed by atoms with Crippen molar-refractivity contribution in [1.82, 2.24) is 0 Å². The van der Waals surface area contributed by atoms with Crippen LogP contribution in [0.25, 0.3) is 0 Å². The predicted molar refractivity (Wildman–Crippen MR) is 50.6 cm³/mol. The molecule has 0 saturated heterocycles. The number of rotatable bonds is 3. The Morgan fingerprint density at radius 3 is 2.55 bits per heavy atom. The topological polar surface area (TPSA) is 17.1 Å². The van der Waals surface area contributed by atoms with Gasteiger partial charge in [0.15, 0.2) is 0 Å². The largest absolute Gasteiger partial charge is 0.290 e. The molecule has 0 amide bonds. The highest BCUT2D eigenvalue weighted by molar-refractivity contribution is 9.10. The minimum Gasteiger partial charge on any atom is -0.290 e. The van der Waals surface area contributed by atoms with Gasteiger partial charge in [0.05, 0.1) is 5.75 Å². The van der Waals surface area contributed by atoms with Gasteiger partial charge in [0.2, 0.25) is 6.29 Å². The van der Waals surface area contributed by atoms with Gasteiger partial charge in [0, 0.05) is 9.37 Å². The van der Waals surface area contributed by atoms with Crippen LogP contribution in [0.2, 0.25) is 0 Å². The molecule has 0 spiro atoms. The molecule has 0 aliphatic heterocycles. The molecule has 0 unspecified atom stereocenters. The molecular formula is C8H6BrOS. The Bertz CT molecular complexity index is 232. The van der Waals surface area contributed by atoms with E-state index in [1.54, 1.807) is 0 Å². The lowest BCUT2D eigenvalue weighted by Crippen LogP contribution is -1.77. The van der Waals surface area contributed by atoms with Crippen molar-refractivity contribution in [3.63, 3.8) is 0 Å². The molecule has 0 aromatic heterocycles. The number of halogens is 1. The van der Waals surface area contributed by atoms with Gasteiger partial charge in [0.1, 0.15) is 0 Å². The molecule has 1 nitrogen and oxygen atoms in total. The highest BCUT2D eigenvalue weighted by Crippen LogP contribution is 2.19. The molecule has 1 aromatic carbocycles. The molecule has 0 fully saturated rings. The molecule has 0 atom stereocenters. The van der Waals surface area contributed by atoms with E-state index in [-0.39, 0.29) is 0 Å². The molecule has 11 heavy (non-hydrogen) atoms. The van der Waals surface area contributed by atoms with Crippen LogP contribution in [0.3, 0.4) is 0 Å². The second-order valence-corrected chi connectivity index (χ2v) is 3.85.